The van der Waals surface area contributed by atoms with Crippen molar-refractivity contribution >= 4 is 11.9 Å². The first kappa shape index (κ1) is 17.6. The summed E-state index contributed by atoms with van der Waals surface area (Å²) in [5.41, 5.74) is 0. The van der Waals surface area contributed by atoms with Crippen LogP contribution in [0.2, 0.25) is 0 Å². The molecule has 0 aromatic carbocycles. The standard InChI is InChI=1S/C10H14F5NO3/c1-2-3-6-19-7(17)4-5-16-8(18)9(11,12)10(13,14)15/h2-6H2,1H3,(H,16,18). The molecule has 112 valence electrons. The predicted octanol–water partition coefficient (Wildman–Crippen LogP) is 2.03. The Morgan fingerprint density at radius 3 is 2.21 bits per heavy atom. The number of unbranched alkanes of at least 4 members (excludes halogenated alkanes) is 1. The van der Waals surface area contributed by atoms with Gasteiger partial charge in [-0.2, -0.15) is 22.0 Å². The van der Waals surface area contributed by atoms with E-state index in [-0.39, 0.29) is 6.61 Å². The zero-order valence-electron chi connectivity index (χ0n) is 10.2. The minimum atomic E-state index is -5.96. The minimum Gasteiger partial charge on any atom is -0.466 e. The van der Waals surface area contributed by atoms with Gasteiger partial charge in [-0.15, -0.1) is 0 Å². The first-order chi connectivity index (χ1) is 8.63. The smallest absolute Gasteiger partial charge is 0.463 e. The Balaban J connectivity index is 4.02. The summed E-state index contributed by atoms with van der Waals surface area (Å²) in [7, 11) is 0. The summed E-state index contributed by atoms with van der Waals surface area (Å²) < 4.78 is 64.8. The molecule has 0 radical (unpaired) electrons. The summed E-state index contributed by atoms with van der Waals surface area (Å²) >= 11 is 0. The van der Waals surface area contributed by atoms with E-state index < -0.39 is 36.9 Å². The SMILES string of the molecule is CCCCOC(=O)CCNC(=O)C(F)(F)C(F)(F)F. The molecule has 0 atom stereocenters. The van der Waals surface area contributed by atoms with E-state index in [1.807, 2.05) is 6.92 Å². The lowest BCUT2D eigenvalue weighted by molar-refractivity contribution is -0.269. The number of halogens is 5. The van der Waals surface area contributed by atoms with Crippen LogP contribution < -0.4 is 5.32 Å². The zero-order valence-corrected chi connectivity index (χ0v) is 10.2. The van der Waals surface area contributed by atoms with Gasteiger partial charge in [0.2, 0.25) is 0 Å². The predicted molar refractivity (Wildman–Crippen MR) is 54.5 cm³/mol. The largest absolute Gasteiger partial charge is 0.466 e. The first-order valence-electron chi connectivity index (χ1n) is 5.51. The second kappa shape index (κ2) is 7.25. The van der Waals surface area contributed by atoms with Gasteiger partial charge in [0, 0.05) is 6.54 Å². The van der Waals surface area contributed by atoms with Crippen LogP contribution >= 0.6 is 0 Å². The van der Waals surface area contributed by atoms with Crippen molar-refractivity contribution < 1.29 is 36.3 Å². The Hall–Kier alpha value is -1.41. The van der Waals surface area contributed by atoms with E-state index in [1.165, 1.54) is 5.32 Å². The minimum absolute atomic E-state index is 0.141. The van der Waals surface area contributed by atoms with Gasteiger partial charge in [-0.3, -0.25) is 9.59 Å². The number of rotatable bonds is 7. The molecule has 0 saturated heterocycles. The molecule has 0 aromatic heterocycles. The van der Waals surface area contributed by atoms with Gasteiger partial charge in [-0.05, 0) is 6.42 Å². The van der Waals surface area contributed by atoms with Crippen LogP contribution in [-0.4, -0.2) is 37.1 Å². The van der Waals surface area contributed by atoms with Gasteiger partial charge < -0.3 is 10.1 Å². The monoisotopic (exact) mass is 291 g/mol. The van der Waals surface area contributed by atoms with Gasteiger partial charge in [-0.1, -0.05) is 13.3 Å². The third kappa shape index (κ3) is 5.84. The molecule has 0 rings (SSSR count). The maximum Gasteiger partial charge on any atom is 0.463 e. The summed E-state index contributed by atoms with van der Waals surface area (Å²) in [6, 6.07) is 0. The van der Waals surface area contributed by atoms with E-state index >= 15 is 0 Å². The highest BCUT2D eigenvalue weighted by molar-refractivity contribution is 5.84. The fraction of sp³-hybridized carbons (Fsp3) is 0.800. The van der Waals surface area contributed by atoms with Crippen LogP contribution in [0.25, 0.3) is 0 Å². The molecule has 9 heteroatoms. The molecular formula is C10H14F5NO3. The average molecular weight is 291 g/mol. The number of hydrogen-bond acceptors (Lipinski definition) is 3. The van der Waals surface area contributed by atoms with Crippen molar-refractivity contribution in [3.8, 4) is 0 Å². The molecule has 0 spiro atoms. The van der Waals surface area contributed by atoms with Crippen LogP contribution in [0.15, 0.2) is 0 Å². The van der Waals surface area contributed by atoms with Crippen molar-refractivity contribution in [1.82, 2.24) is 5.32 Å². The lowest BCUT2D eigenvalue weighted by Gasteiger charge is -2.18. The van der Waals surface area contributed by atoms with Gasteiger partial charge in [-0.25, -0.2) is 0 Å². The van der Waals surface area contributed by atoms with Crippen LogP contribution in [0.3, 0.4) is 0 Å². The molecule has 1 amide bonds. The molecule has 1 N–H and O–H groups in total. The van der Waals surface area contributed by atoms with E-state index in [1.54, 1.807) is 0 Å². The number of nitrogens with one attached hydrogen (secondary N) is 1. The summed E-state index contributed by atoms with van der Waals surface area (Å²) in [5.74, 6) is -8.73. The lowest BCUT2D eigenvalue weighted by Crippen LogP contribution is -2.50. The maximum atomic E-state index is 12.4. The number of carbonyl (C=O) groups is 2. The van der Waals surface area contributed by atoms with Gasteiger partial charge in [0.05, 0.1) is 13.0 Å². The molecule has 0 aliphatic carbocycles. The Kier molecular flexibility index (Phi) is 6.71. The van der Waals surface area contributed by atoms with Crippen molar-refractivity contribution in [2.45, 2.75) is 38.3 Å². The average Bonchev–Trinajstić information content (AvgIpc) is 2.27. The number of hydrogen-bond donors (Lipinski definition) is 1. The van der Waals surface area contributed by atoms with E-state index in [4.69, 9.17) is 0 Å². The topological polar surface area (TPSA) is 55.4 Å². The Morgan fingerprint density at radius 1 is 1.16 bits per heavy atom. The van der Waals surface area contributed by atoms with Crippen LogP contribution in [0.4, 0.5) is 22.0 Å². The van der Waals surface area contributed by atoms with Gasteiger partial charge in [0.15, 0.2) is 0 Å². The fourth-order valence-corrected chi connectivity index (χ4v) is 0.920. The second-order valence-corrected chi connectivity index (χ2v) is 3.65. The van der Waals surface area contributed by atoms with Gasteiger partial charge in [0.25, 0.3) is 5.91 Å². The molecule has 0 bridgehead atoms. The molecule has 0 unspecified atom stereocenters. The highest BCUT2D eigenvalue weighted by Crippen LogP contribution is 2.35. The number of alkyl halides is 5. The summed E-state index contributed by atoms with van der Waals surface area (Å²) in [5, 5.41) is 1.34. The quantitative estimate of drug-likeness (QED) is 0.443. The number of esters is 1. The van der Waals surface area contributed by atoms with Crippen LogP contribution in [0.1, 0.15) is 26.2 Å². The first-order valence-corrected chi connectivity index (χ1v) is 5.51. The molecular weight excluding hydrogens is 277 g/mol. The number of ether oxygens (including phenoxy) is 1. The summed E-state index contributed by atoms with van der Waals surface area (Å²) in [6.07, 6.45) is -5.03. The molecule has 0 saturated carbocycles. The summed E-state index contributed by atoms with van der Waals surface area (Å²) in [4.78, 5) is 21.6. The van der Waals surface area contributed by atoms with Crippen molar-refractivity contribution in [1.29, 1.82) is 0 Å². The third-order valence-corrected chi connectivity index (χ3v) is 2.02. The molecule has 0 fully saturated rings. The van der Waals surface area contributed by atoms with E-state index in [0.717, 1.165) is 6.42 Å². The Labute approximate surface area is 106 Å². The second-order valence-electron chi connectivity index (χ2n) is 3.65. The molecule has 4 nitrogen and oxygen atoms in total. The van der Waals surface area contributed by atoms with E-state index in [0.29, 0.717) is 6.42 Å². The molecule has 0 aliphatic heterocycles. The van der Waals surface area contributed by atoms with Gasteiger partial charge >= 0.3 is 18.1 Å². The molecule has 19 heavy (non-hydrogen) atoms. The van der Waals surface area contributed by atoms with Crippen molar-refractivity contribution in [2.24, 2.45) is 0 Å². The van der Waals surface area contributed by atoms with Crippen molar-refractivity contribution in [2.75, 3.05) is 13.2 Å². The van der Waals surface area contributed by atoms with Crippen LogP contribution in [0, 0.1) is 0 Å². The molecule has 0 aliphatic rings. The van der Waals surface area contributed by atoms with Crippen molar-refractivity contribution in [3.63, 3.8) is 0 Å². The highest BCUT2D eigenvalue weighted by atomic mass is 19.4. The normalized spacial score (nSPS) is 12.1. The molecule has 0 aromatic rings. The van der Waals surface area contributed by atoms with Crippen molar-refractivity contribution in [3.05, 3.63) is 0 Å². The third-order valence-electron chi connectivity index (χ3n) is 2.02. The van der Waals surface area contributed by atoms with Crippen LogP contribution in [-0.2, 0) is 14.3 Å². The van der Waals surface area contributed by atoms with Gasteiger partial charge in [0.1, 0.15) is 0 Å². The lowest BCUT2D eigenvalue weighted by atomic mass is 10.3. The summed E-state index contributed by atoms with van der Waals surface area (Å²) in [6.45, 7) is 1.35. The molecule has 0 heterocycles. The fourth-order valence-electron chi connectivity index (χ4n) is 0.920. The Bertz CT molecular complexity index is 317. The number of carbonyl (C=O) groups excluding carboxylic acids is 2. The highest BCUT2D eigenvalue weighted by Gasteiger charge is 2.63. The maximum absolute atomic E-state index is 12.4. The zero-order chi connectivity index (χ0) is 15.1. The Morgan fingerprint density at radius 2 is 1.74 bits per heavy atom. The van der Waals surface area contributed by atoms with E-state index in [9.17, 15) is 31.5 Å². The van der Waals surface area contributed by atoms with Crippen LogP contribution in [0.5, 0.6) is 0 Å². The van der Waals surface area contributed by atoms with E-state index in [2.05, 4.69) is 4.74 Å². The number of amides is 1.